The molecule has 1 aromatic heterocycles. The molecule has 0 aromatic carbocycles. The summed E-state index contributed by atoms with van der Waals surface area (Å²) in [5.74, 6) is 0.483. The number of carbonyl (C=O) groups excluding carboxylic acids is 1. The summed E-state index contributed by atoms with van der Waals surface area (Å²) in [6.07, 6.45) is 7.92. The first-order valence-electron chi connectivity index (χ1n) is 8.53. The molecule has 2 rings (SSSR count). The van der Waals surface area contributed by atoms with Gasteiger partial charge >= 0.3 is 6.09 Å². The number of ether oxygens (including phenoxy) is 1. The normalized spacial score (nSPS) is 21.2. The first-order valence-corrected chi connectivity index (χ1v) is 8.53. The molecule has 1 aliphatic carbocycles. The Kier molecular flexibility index (Phi) is 6.39. The lowest BCUT2D eigenvalue weighted by Crippen LogP contribution is -2.41. The van der Waals surface area contributed by atoms with Crippen LogP contribution in [-0.2, 0) is 11.2 Å². The topological polar surface area (TPSA) is 63.2 Å². The van der Waals surface area contributed by atoms with Gasteiger partial charge in [-0.3, -0.25) is 4.98 Å². The maximum absolute atomic E-state index is 11.8. The van der Waals surface area contributed by atoms with Crippen LogP contribution in [0.5, 0.6) is 0 Å². The Morgan fingerprint density at radius 2 is 2.22 bits per heavy atom. The Balaban J connectivity index is 1.69. The minimum absolute atomic E-state index is 0.321. The van der Waals surface area contributed by atoms with E-state index in [1.54, 1.807) is 6.20 Å². The number of alkyl carbamates (subject to hydrolysis) is 1. The second kappa shape index (κ2) is 8.29. The van der Waals surface area contributed by atoms with Crippen molar-refractivity contribution in [2.45, 2.75) is 58.1 Å². The lowest BCUT2D eigenvalue weighted by molar-refractivity contribution is 0.0517. The van der Waals surface area contributed by atoms with E-state index in [2.05, 4.69) is 21.7 Å². The Labute approximate surface area is 139 Å². The van der Waals surface area contributed by atoms with Gasteiger partial charge in [-0.1, -0.05) is 12.5 Å². The fourth-order valence-electron chi connectivity index (χ4n) is 3.03. The lowest BCUT2D eigenvalue weighted by Gasteiger charge is -2.23. The minimum atomic E-state index is -0.443. The molecule has 1 fully saturated rings. The molecule has 1 heterocycles. The quantitative estimate of drug-likeness (QED) is 0.846. The van der Waals surface area contributed by atoms with E-state index in [4.69, 9.17) is 4.74 Å². The van der Waals surface area contributed by atoms with Gasteiger partial charge in [-0.25, -0.2) is 4.79 Å². The van der Waals surface area contributed by atoms with E-state index < -0.39 is 5.60 Å². The van der Waals surface area contributed by atoms with Gasteiger partial charge in [0.25, 0.3) is 0 Å². The van der Waals surface area contributed by atoms with Crippen LogP contribution in [0.15, 0.2) is 24.5 Å². The van der Waals surface area contributed by atoms with E-state index in [1.807, 2.05) is 33.0 Å². The molecule has 1 aliphatic rings. The van der Waals surface area contributed by atoms with Crippen LogP contribution in [0, 0.1) is 5.92 Å². The molecular formula is C18H29N3O2. The SMILES string of the molecule is CC(C)(C)OC(=O)NCC1CCCC1NCCc1cccnc1. The highest BCUT2D eigenvalue weighted by molar-refractivity contribution is 5.67. The van der Waals surface area contributed by atoms with Gasteiger partial charge in [0.2, 0.25) is 0 Å². The molecule has 2 unspecified atom stereocenters. The van der Waals surface area contributed by atoms with Crippen LogP contribution in [0.4, 0.5) is 4.79 Å². The van der Waals surface area contributed by atoms with Crippen LogP contribution < -0.4 is 10.6 Å². The van der Waals surface area contributed by atoms with Crippen molar-refractivity contribution >= 4 is 6.09 Å². The monoisotopic (exact) mass is 319 g/mol. The van der Waals surface area contributed by atoms with Gasteiger partial charge in [-0.05, 0) is 64.1 Å². The van der Waals surface area contributed by atoms with Gasteiger partial charge in [0.1, 0.15) is 5.60 Å². The molecule has 0 saturated heterocycles. The van der Waals surface area contributed by atoms with Gasteiger partial charge in [0, 0.05) is 25.0 Å². The van der Waals surface area contributed by atoms with Crippen molar-refractivity contribution in [1.29, 1.82) is 0 Å². The van der Waals surface area contributed by atoms with Crippen molar-refractivity contribution in [1.82, 2.24) is 15.6 Å². The molecule has 0 aliphatic heterocycles. The second-order valence-corrected chi connectivity index (χ2v) is 7.25. The number of aromatic nitrogens is 1. The average molecular weight is 319 g/mol. The first-order chi connectivity index (χ1) is 10.9. The number of hydrogen-bond acceptors (Lipinski definition) is 4. The third-order valence-electron chi connectivity index (χ3n) is 4.11. The molecule has 1 saturated carbocycles. The summed E-state index contributed by atoms with van der Waals surface area (Å²) in [4.78, 5) is 15.9. The maximum atomic E-state index is 11.8. The molecule has 2 atom stereocenters. The maximum Gasteiger partial charge on any atom is 0.407 e. The van der Waals surface area contributed by atoms with E-state index in [-0.39, 0.29) is 6.09 Å². The predicted molar refractivity (Wildman–Crippen MR) is 91.3 cm³/mol. The van der Waals surface area contributed by atoms with Gasteiger partial charge in [-0.15, -0.1) is 0 Å². The molecule has 1 amide bonds. The number of rotatable bonds is 6. The van der Waals surface area contributed by atoms with Crippen molar-refractivity contribution in [3.8, 4) is 0 Å². The fraction of sp³-hybridized carbons (Fsp3) is 0.667. The van der Waals surface area contributed by atoms with Crippen LogP contribution in [0.25, 0.3) is 0 Å². The fourth-order valence-corrected chi connectivity index (χ4v) is 3.03. The smallest absolute Gasteiger partial charge is 0.407 e. The molecule has 23 heavy (non-hydrogen) atoms. The number of nitrogens with zero attached hydrogens (tertiary/aromatic N) is 1. The van der Waals surface area contributed by atoms with E-state index in [1.165, 1.54) is 18.4 Å². The molecule has 5 nitrogen and oxygen atoms in total. The van der Waals surface area contributed by atoms with E-state index >= 15 is 0 Å². The molecular weight excluding hydrogens is 290 g/mol. The Morgan fingerprint density at radius 3 is 2.91 bits per heavy atom. The molecule has 2 N–H and O–H groups in total. The van der Waals surface area contributed by atoms with Gasteiger partial charge in [0.05, 0.1) is 0 Å². The molecule has 128 valence electrons. The van der Waals surface area contributed by atoms with E-state index in [0.29, 0.717) is 18.5 Å². The Bertz CT molecular complexity index is 485. The molecule has 0 radical (unpaired) electrons. The van der Waals surface area contributed by atoms with Gasteiger partial charge in [0.15, 0.2) is 0 Å². The second-order valence-electron chi connectivity index (χ2n) is 7.25. The summed E-state index contributed by atoms with van der Waals surface area (Å²) in [7, 11) is 0. The number of hydrogen-bond donors (Lipinski definition) is 2. The third kappa shape index (κ3) is 6.57. The summed E-state index contributed by atoms with van der Waals surface area (Å²) in [5.41, 5.74) is 0.808. The van der Waals surface area contributed by atoms with Crippen LogP contribution in [0.2, 0.25) is 0 Å². The van der Waals surface area contributed by atoms with Crippen LogP contribution in [-0.4, -0.2) is 35.8 Å². The van der Waals surface area contributed by atoms with Gasteiger partial charge in [-0.2, -0.15) is 0 Å². The first kappa shape index (κ1) is 17.7. The van der Waals surface area contributed by atoms with E-state index in [0.717, 1.165) is 19.4 Å². The lowest BCUT2D eigenvalue weighted by atomic mass is 10.0. The number of amides is 1. The predicted octanol–water partition coefficient (Wildman–Crippen LogP) is 2.91. The molecule has 0 spiro atoms. The summed E-state index contributed by atoms with van der Waals surface area (Å²) in [6.45, 7) is 7.26. The zero-order valence-electron chi connectivity index (χ0n) is 14.5. The summed E-state index contributed by atoms with van der Waals surface area (Å²) >= 11 is 0. The van der Waals surface area contributed by atoms with Crippen molar-refractivity contribution < 1.29 is 9.53 Å². The summed E-state index contributed by atoms with van der Waals surface area (Å²) in [5, 5.41) is 6.54. The number of nitrogens with one attached hydrogen (secondary N) is 2. The highest BCUT2D eigenvalue weighted by Gasteiger charge is 2.27. The minimum Gasteiger partial charge on any atom is -0.444 e. The summed E-state index contributed by atoms with van der Waals surface area (Å²) in [6, 6.07) is 4.55. The van der Waals surface area contributed by atoms with Crippen molar-refractivity contribution in [2.75, 3.05) is 13.1 Å². The highest BCUT2D eigenvalue weighted by atomic mass is 16.6. The van der Waals surface area contributed by atoms with Gasteiger partial charge < -0.3 is 15.4 Å². The largest absolute Gasteiger partial charge is 0.444 e. The van der Waals surface area contributed by atoms with Crippen LogP contribution in [0.3, 0.4) is 0 Å². The standard InChI is InChI=1S/C18H29N3O2/c1-18(2,3)23-17(22)21-13-15-7-4-8-16(15)20-11-9-14-6-5-10-19-12-14/h5-6,10,12,15-16,20H,4,7-9,11,13H2,1-3H3,(H,21,22). The van der Waals surface area contributed by atoms with Crippen LogP contribution >= 0.6 is 0 Å². The van der Waals surface area contributed by atoms with Crippen molar-refractivity contribution in [3.63, 3.8) is 0 Å². The molecule has 1 aromatic rings. The van der Waals surface area contributed by atoms with Crippen molar-refractivity contribution in [3.05, 3.63) is 30.1 Å². The number of pyridine rings is 1. The third-order valence-corrected chi connectivity index (χ3v) is 4.11. The highest BCUT2D eigenvalue weighted by Crippen LogP contribution is 2.25. The number of carbonyl (C=O) groups is 1. The summed E-state index contributed by atoms with van der Waals surface area (Å²) < 4.78 is 5.29. The molecule has 0 bridgehead atoms. The zero-order chi connectivity index (χ0) is 16.7. The van der Waals surface area contributed by atoms with E-state index in [9.17, 15) is 4.79 Å². The van der Waals surface area contributed by atoms with Crippen molar-refractivity contribution in [2.24, 2.45) is 5.92 Å². The Morgan fingerprint density at radius 1 is 1.39 bits per heavy atom. The average Bonchev–Trinajstić information content (AvgIpc) is 2.92. The Hall–Kier alpha value is -1.62. The van der Waals surface area contributed by atoms with Crippen LogP contribution in [0.1, 0.15) is 45.6 Å². The zero-order valence-corrected chi connectivity index (χ0v) is 14.5. The molecule has 5 heteroatoms.